The van der Waals surface area contributed by atoms with Gasteiger partial charge in [0.1, 0.15) is 0 Å². The largest absolute Gasteiger partial charge is 0.465 e. The Morgan fingerprint density at radius 1 is 0.848 bits per heavy atom. The lowest BCUT2D eigenvalue weighted by Gasteiger charge is -2.40. The van der Waals surface area contributed by atoms with Gasteiger partial charge in [0.05, 0.1) is 12.0 Å². The molecule has 1 heterocycles. The van der Waals surface area contributed by atoms with Crippen LogP contribution in [0.2, 0.25) is 0 Å². The molecule has 1 aliphatic rings. The zero-order valence-corrected chi connectivity index (χ0v) is 19.5. The van der Waals surface area contributed by atoms with Crippen molar-refractivity contribution in [2.45, 2.75) is 31.6 Å². The molecule has 0 amide bonds. The van der Waals surface area contributed by atoms with Gasteiger partial charge in [-0.3, -0.25) is 4.79 Å². The van der Waals surface area contributed by atoms with Gasteiger partial charge in [-0.25, -0.2) is 0 Å². The summed E-state index contributed by atoms with van der Waals surface area (Å²) in [6.07, 6.45) is 4.92. The van der Waals surface area contributed by atoms with Gasteiger partial charge in [0.2, 0.25) is 0 Å². The van der Waals surface area contributed by atoms with Crippen LogP contribution in [0.5, 0.6) is 0 Å². The summed E-state index contributed by atoms with van der Waals surface area (Å²) in [4.78, 5) is 15.5. The third-order valence-corrected chi connectivity index (χ3v) is 6.67. The summed E-state index contributed by atoms with van der Waals surface area (Å²) in [5.74, 6) is -0.0776. The summed E-state index contributed by atoms with van der Waals surface area (Å²) in [6, 6.07) is 31.4. The predicted molar refractivity (Wildman–Crippen MR) is 135 cm³/mol. The second kappa shape index (κ2) is 11.1. The van der Waals surface area contributed by atoms with Gasteiger partial charge in [-0.15, -0.1) is 0 Å². The SMILES string of the molecule is CCOC(=O)C1(c2ccccc2)CCN(CCC=C(c2ccccc2)c2ccccc2)CC1. The molecule has 0 bridgehead atoms. The molecule has 170 valence electrons. The molecule has 0 N–H and O–H groups in total. The first-order valence-electron chi connectivity index (χ1n) is 12.0. The molecule has 1 saturated heterocycles. The maximum atomic E-state index is 13.0. The number of carbonyl (C=O) groups is 1. The number of nitrogens with zero attached hydrogens (tertiary/aromatic N) is 1. The lowest BCUT2D eigenvalue weighted by atomic mass is 9.72. The van der Waals surface area contributed by atoms with Crippen molar-refractivity contribution < 1.29 is 9.53 Å². The van der Waals surface area contributed by atoms with Crippen LogP contribution in [0.1, 0.15) is 42.9 Å². The van der Waals surface area contributed by atoms with Gasteiger partial charge in [-0.05, 0) is 61.5 Å². The van der Waals surface area contributed by atoms with Crippen molar-refractivity contribution in [3.05, 3.63) is 114 Å². The summed E-state index contributed by atoms with van der Waals surface area (Å²) in [6.45, 7) is 5.08. The quantitative estimate of drug-likeness (QED) is 0.397. The summed E-state index contributed by atoms with van der Waals surface area (Å²) in [7, 11) is 0. The molecule has 3 aromatic rings. The highest BCUT2D eigenvalue weighted by Gasteiger charge is 2.43. The number of likely N-dealkylation sites (tertiary alicyclic amines) is 1. The normalized spacial score (nSPS) is 15.5. The van der Waals surface area contributed by atoms with Gasteiger partial charge in [-0.2, -0.15) is 0 Å². The van der Waals surface area contributed by atoms with Crippen LogP contribution in [0.15, 0.2) is 97.1 Å². The summed E-state index contributed by atoms with van der Waals surface area (Å²) >= 11 is 0. The van der Waals surface area contributed by atoms with E-state index < -0.39 is 5.41 Å². The molecule has 1 aliphatic heterocycles. The Labute approximate surface area is 197 Å². The highest BCUT2D eigenvalue weighted by Crippen LogP contribution is 2.37. The first-order chi connectivity index (χ1) is 16.2. The fourth-order valence-corrected chi connectivity index (χ4v) is 4.82. The van der Waals surface area contributed by atoms with E-state index in [1.807, 2.05) is 25.1 Å². The van der Waals surface area contributed by atoms with E-state index in [1.165, 1.54) is 16.7 Å². The maximum Gasteiger partial charge on any atom is 0.316 e. The number of piperidine rings is 1. The van der Waals surface area contributed by atoms with E-state index in [0.29, 0.717) is 6.61 Å². The Hall–Kier alpha value is -3.17. The van der Waals surface area contributed by atoms with Crippen LogP contribution in [-0.2, 0) is 14.9 Å². The maximum absolute atomic E-state index is 13.0. The second-order valence-electron chi connectivity index (χ2n) is 8.65. The van der Waals surface area contributed by atoms with Crippen LogP contribution in [0.25, 0.3) is 5.57 Å². The average Bonchev–Trinajstić information content (AvgIpc) is 2.89. The molecular formula is C30H33NO2. The van der Waals surface area contributed by atoms with E-state index in [4.69, 9.17) is 4.74 Å². The number of esters is 1. The second-order valence-corrected chi connectivity index (χ2v) is 8.65. The zero-order valence-electron chi connectivity index (χ0n) is 19.5. The fraction of sp³-hybridized carbons (Fsp3) is 0.300. The third-order valence-electron chi connectivity index (χ3n) is 6.67. The number of benzene rings is 3. The monoisotopic (exact) mass is 439 g/mol. The number of rotatable bonds is 8. The first-order valence-corrected chi connectivity index (χ1v) is 12.0. The molecule has 3 heteroatoms. The molecule has 3 nitrogen and oxygen atoms in total. The lowest BCUT2D eigenvalue weighted by Crippen LogP contribution is -2.48. The molecule has 0 aliphatic carbocycles. The van der Waals surface area contributed by atoms with Crippen LogP contribution in [-0.4, -0.2) is 37.1 Å². The van der Waals surface area contributed by atoms with E-state index in [0.717, 1.165) is 44.5 Å². The third kappa shape index (κ3) is 5.43. The standard InChI is InChI=1S/C30H33NO2/c1-2-33-29(32)30(27-17-10-5-11-18-27)20-23-31(24-21-30)22-12-19-28(25-13-6-3-7-14-25)26-15-8-4-9-16-26/h3-11,13-19H,2,12,20-24H2,1H3. The van der Waals surface area contributed by atoms with Crippen LogP contribution >= 0.6 is 0 Å². The molecule has 1 fully saturated rings. The topological polar surface area (TPSA) is 29.5 Å². The van der Waals surface area contributed by atoms with Crippen molar-refractivity contribution in [3.63, 3.8) is 0 Å². The molecular weight excluding hydrogens is 406 g/mol. The lowest BCUT2D eigenvalue weighted by molar-refractivity contribution is -0.152. The molecule has 0 radical (unpaired) electrons. The van der Waals surface area contributed by atoms with Crippen LogP contribution in [0.3, 0.4) is 0 Å². The van der Waals surface area contributed by atoms with Crippen molar-refractivity contribution in [2.75, 3.05) is 26.2 Å². The smallest absolute Gasteiger partial charge is 0.316 e. The fourth-order valence-electron chi connectivity index (χ4n) is 4.82. The predicted octanol–water partition coefficient (Wildman–Crippen LogP) is 6.11. The first kappa shape index (κ1) is 23.0. The van der Waals surface area contributed by atoms with Crippen molar-refractivity contribution in [2.24, 2.45) is 0 Å². The highest BCUT2D eigenvalue weighted by molar-refractivity contribution is 5.83. The Morgan fingerprint density at radius 3 is 1.88 bits per heavy atom. The van der Waals surface area contributed by atoms with Crippen LogP contribution in [0.4, 0.5) is 0 Å². The number of hydrogen-bond acceptors (Lipinski definition) is 3. The molecule has 0 unspecified atom stereocenters. The summed E-state index contributed by atoms with van der Waals surface area (Å²) in [5, 5.41) is 0. The van der Waals surface area contributed by atoms with E-state index in [9.17, 15) is 4.79 Å². The van der Waals surface area contributed by atoms with E-state index >= 15 is 0 Å². The summed E-state index contributed by atoms with van der Waals surface area (Å²) < 4.78 is 5.52. The van der Waals surface area contributed by atoms with E-state index in [1.54, 1.807) is 0 Å². The zero-order chi connectivity index (χ0) is 22.9. The van der Waals surface area contributed by atoms with Crippen LogP contribution < -0.4 is 0 Å². The van der Waals surface area contributed by atoms with Gasteiger partial charge >= 0.3 is 5.97 Å². The Balaban J connectivity index is 1.45. The van der Waals surface area contributed by atoms with Crippen molar-refractivity contribution in [3.8, 4) is 0 Å². The van der Waals surface area contributed by atoms with Gasteiger partial charge in [0.25, 0.3) is 0 Å². The van der Waals surface area contributed by atoms with Gasteiger partial charge in [0, 0.05) is 6.54 Å². The van der Waals surface area contributed by atoms with Gasteiger partial charge in [0.15, 0.2) is 0 Å². The van der Waals surface area contributed by atoms with Crippen molar-refractivity contribution in [1.29, 1.82) is 0 Å². The Bertz CT molecular complexity index is 995. The molecule has 3 aromatic carbocycles. The molecule has 0 aromatic heterocycles. The van der Waals surface area contributed by atoms with Gasteiger partial charge < -0.3 is 9.64 Å². The van der Waals surface area contributed by atoms with E-state index in [2.05, 4.69) is 83.8 Å². The number of carbonyl (C=O) groups excluding carboxylic acids is 1. The average molecular weight is 440 g/mol. The minimum Gasteiger partial charge on any atom is -0.465 e. The molecule has 0 atom stereocenters. The molecule has 0 saturated carbocycles. The van der Waals surface area contributed by atoms with Crippen molar-refractivity contribution in [1.82, 2.24) is 4.90 Å². The number of ether oxygens (including phenoxy) is 1. The van der Waals surface area contributed by atoms with Gasteiger partial charge in [-0.1, -0.05) is 97.1 Å². The van der Waals surface area contributed by atoms with E-state index in [-0.39, 0.29) is 5.97 Å². The van der Waals surface area contributed by atoms with Crippen molar-refractivity contribution >= 4 is 11.5 Å². The Morgan fingerprint density at radius 2 is 1.36 bits per heavy atom. The molecule has 0 spiro atoms. The Kier molecular flexibility index (Phi) is 7.74. The minimum atomic E-state index is -0.525. The minimum absolute atomic E-state index is 0.0776. The highest BCUT2D eigenvalue weighted by atomic mass is 16.5. The number of hydrogen-bond donors (Lipinski definition) is 0. The molecule has 4 rings (SSSR count). The summed E-state index contributed by atoms with van der Waals surface area (Å²) in [5.41, 5.74) is 4.32. The van der Waals surface area contributed by atoms with Crippen LogP contribution in [0, 0.1) is 0 Å². The molecule has 33 heavy (non-hydrogen) atoms.